The van der Waals surface area contributed by atoms with Gasteiger partial charge in [0.1, 0.15) is 12.4 Å². The van der Waals surface area contributed by atoms with Gasteiger partial charge in [-0.1, -0.05) is 29.8 Å². The van der Waals surface area contributed by atoms with Crippen molar-refractivity contribution >= 4 is 17.3 Å². The zero-order valence-corrected chi connectivity index (χ0v) is 10.4. The van der Waals surface area contributed by atoms with Crippen LogP contribution in [-0.2, 0) is 6.61 Å². The van der Waals surface area contributed by atoms with E-state index in [0.717, 1.165) is 27.6 Å². The van der Waals surface area contributed by atoms with Gasteiger partial charge in [0, 0.05) is 16.3 Å². The number of hydrogen-bond donors (Lipinski definition) is 1. The Morgan fingerprint density at radius 3 is 2.53 bits per heavy atom. The zero-order valence-electron chi connectivity index (χ0n) is 9.61. The van der Waals surface area contributed by atoms with E-state index in [1.165, 1.54) is 0 Å². The van der Waals surface area contributed by atoms with Crippen molar-refractivity contribution in [2.45, 2.75) is 13.5 Å². The molecule has 0 atom stereocenters. The van der Waals surface area contributed by atoms with Crippen molar-refractivity contribution in [3.05, 3.63) is 58.6 Å². The highest BCUT2D eigenvalue weighted by molar-refractivity contribution is 6.30. The summed E-state index contributed by atoms with van der Waals surface area (Å²) in [4.78, 5) is 0. The summed E-state index contributed by atoms with van der Waals surface area (Å²) in [7, 11) is 0. The predicted octanol–water partition coefficient (Wildman–Crippen LogP) is 3.81. The van der Waals surface area contributed by atoms with Gasteiger partial charge in [-0.25, -0.2) is 0 Å². The molecule has 0 fully saturated rings. The topological polar surface area (TPSA) is 35.2 Å². The zero-order chi connectivity index (χ0) is 12.3. The van der Waals surface area contributed by atoms with Crippen molar-refractivity contribution < 1.29 is 4.74 Å². The number of ether oxygens (including phenoxy) is 1. The van der Waals surface area contributed by atoms with E-state index < -0.39 is 0 Å². The van der Waals surface area contributed by atoms with Crippen molar-refractivity contribution in [2.75, 3.05) is 5.73 Å². The molecule has 0 aromatic heterocycles. The lowest BCUT2D eigenvalue weighted by molar-refractivity contribution is 0.304. The first kappa shape index (κ1) is 11.8. The molecule has 0 aliphatic heterocycles. The summed E-state index contributed by atoms with van der Waals surface area (Å²) >= 11 is 5.82. The van der Waals surface area contributed by atoms with Gasteiger partial charge in [-0.3, -0.25) is 0 Å². The molecule has 0 amide bonds. The van der Waals surface area contributed by atoms with Gasteiger partial charge in [-0.05, 0) is 36.8 Å². The Balaban J connectivity index is 2.07. The van der Waals surface area contributed by atoms with E-state index in [4.69, 9.17) is 22.1 Å². The molecule has 17 heavy (non-hydrogen) atoms. The number of rotatable bonds is 3. The molecule has 3 heteroatoms. The van der Waals surface area contributed by atoms with E-state index in [1.807, 2.05) is 49.4 Å². The summed E-state index contributed by atoms with van der Waals surface area (Å²) in [6.07, 6.45) is 0. The van der Waals surface area contributed by atoms with Crippen molar-refractivity contribution in [3.8, 4) is 5.75 Å². The third kappa shape index (κ3) is 2.92. The average Bonchev–Trinajstić information content (AvgIpc) is 2.33. The maximum absolute atomic E-state index is 5.82. The molecule has 2 N–H and O–H groups in total. The molecule has 0 spiro atoms. The lowest BCUT2D eigenvalue weighted by Gasteiger charge is -2.10. The fourth-order valence-corrected chi connectivity index (χ4v) is 1.66. The largest absolute Gasteiger partial charge is 0.489 e. The summed E-state index contributed by atoms with van der Waals surface area (Å²) in [5, 5.41) is 0.730. The van der Waals surface area contributed by atoms with E-state index in [1.54, 1.807) is 0 Å². The molecular weight excluding hydrogens is 234 g/mol. The monoisotopic (exact) mass is 247 g/mol. The smallest absolute Gasteiger partial charge is 0.124 e. The molecule has 0 aliphatic rings. The van der Waals surface area contributed by atoms with Crippen molar-refractivity contribution in [1.29, 1.82) is 0 Å². The van der Waals surface area contributed by atoms with Crippen LogP contribution in [0.2, 0.25) is 5.02 Å². The molecule has 0 bridgehead atoms. The summed E-state index contributed by atoms with van der Waals surface area (Å²) in [5.41, 5.74) is 8.61. The summed E-state index contributed by atoms with van der Waals surface area (Å²) in [5.74, 6) is 0.819. The second kappa shape index (κ2) is 5.11. The van der Waals surface area contributed by atoms with E-state index in [9.17, 15) is 0 Å². The summed E-state index contributed by atoms with van der Waals surface area (Å²) in [6, 6.07) is 13.3. The molecule has 2 nitrogen and oxygen atoms in total. The van der Waals surface area contributed by atoms with Crippen LogP contribution in [-0.4, -0.2) is 0 Å². The molecule has 0 unspecified atom stereocenters. The molecule has 2 aromatic rings. The maximum Gasteiger partial charge on any atom is 0.124 e. The number of halogens is 1. The van der Waals surface area contributed by atoms with Gasteiger partial charge in [-0.15, -0.1) is 0 Å². The lowest BCUT2D eigenvalue weighted by Crippen LogP contribution is -1.98. The highest BCUT2D eigenvalue weighted by Crippen LogP contribution is 2.23. The SMILES string of the molecule is Cc1c(N)cccc1OCc1ccc(Cl)cc1. The highest BCUT2D eigenvalue weighted by Gasteiger charge is 2.02. The minimum Gasteiger partial charge on any atom is -0.489 e. The van der Waals surface area contributed by atoms with Gasteiger partial charge in [0.2, 0.25) is 0 Å². The Labute approximate surface area is 106 Å². The molecule has 88 valence electrons. The normalized spacial score (nSPS) is 10.2. The van der Waals surface area contributed by atoms with Gasteiger partial charge in [0.25, 0.3) is 0 Å². The Kier molecular flexibility index (Phi) is 3.55. The predicted molar refractivity (Wildman–Crippen MR) is 71.4 cm³/mol. The van der Waals surface area contributed by atoms with E-state index in [2.05, 4.69) is 0 Å². The Hall–Kier alpha value is -1.67. The first-order chi connectivity index (χ1) is 8.16. The quantitative estimate of drug-likeness (QED) is 0.837. The second-order valence-electron chi connectivity index (χ2n) is 3.89. The molecule has 0 heterocycles. The minimum atomic E-state index is 0.515. The summed E-state index contributed by atoms with van der Waals surface area (Å²) < 4.78 is 5.72. The van der Waals surface area contributed by atoms with Crippen LogP contribution in [0.5, 0.6) is 5.75 Å². The second-order valence-corrected chi connectivity index (χ2v) is 4.32. The van der Waals surface area contributed by atoms with E-state index in [0.29, 0.717) is 6.61 Å². The lowest BCUT2D eigenvalue weighted by atomic mass is 10.2. The van der Waals surface area contributed by atoms with Gasteiger partial charge in [0.05, 0.1) is 0 Å². The molecule has 0 saturated heterocycles. The van der Waals surface area contributed by atoms with Crippen LogP contribution in [0.4, 0.5) is 5.69 Å². The number of hydrogen-bond acceptors (Lipinski definition) is 2. The fourth-order valence-electron chi connectivity index (χ4n) is 1.53. The van der Waals surface area contributed by atoms with Crippen LogP contribution in [0, 0.1) is 6.92 Å². The van der Waals surface area contributed by atoms with Gasteiger partial charge in [-0.2, -0.15) is 0 Å². The Morgan fingerprint density at radius 2 is 1.82 bits per heavy atom. The van der Waals surface area contributed by atoms with Gasteiger partial charge in [0.15, 0.2) is 0 Å². The van der Waals surface area contributed by atoms with Crippen LogP contribution in [0.3, 0.4) is 0 Å². The number of anilines is 1. The number of nitrogen functional groups attached to an aromatic ring is 1. The molecule has 0 radical (unpaired) electrons. The Bertz CT molecular complexity index is 508. The van der Waals surface area contributed by atoms with Crippen LogP contribution >= 0.6 is 11.6 Å². The Morgan fingerprint density at radius 1 is 1.12 bits per heavy atom. The first-order valence-corrected chi connectivity index (χ1v) is 5.77. The summed E-state index contributed by atoms with van der Waals surface area (Å²) in [6.45, 7) is 2.47. The van der Waals surface area contributed by atoms with Crippen LogP contribution < -0.4 is 10.5 Å². The minimum absolute atomic E-state index is 0.515. The molecular formula is C14H14ClNO. The molecule has 2 aromatic carbocycles. The maximum atomic E-state index is 5.82. The van der Waals surface area contributed by atoms with Crippen molar-refractivity contribution in [3.63, 3.8) is 0 Å². The third-order valence-electron chi connectivity index (χ3n) is 2.63. The molecule has 0 saturated carbocycles. The third-order valence-corrected chi connectivity index (χ3v) is 2.89. The number of nitrogens with two attached hydrogens (primary N) is 1. The van der Waals surface area contributed by atoms with Gasteiger partial charge < -0.3 is 10.5 Å². The van der Waals surface area contributed by atoms with Crippen LogP contribution in [0.1, 0.15) is 11.1 Å². The molecule has 2 rings (SSSR count). The van der Waals surface area contributed by atoms with Crippen molar-refractivity contribution in [1.82, 2.24) is 0 Å². The molecule has 0 aliphatic carbocycles. The van der Waals surface area contributed by atoms with E-state index >= 15 is 0 Å². The van der Waals surface area contributed by atoms with Gasteiger partial charge >= 0.3 is 0 Å². The number of benzene rings is 2. The van der Waals surface area contributed by atoms with Crippen LogP contribution in [0.25, 0.3) is 0 Å². The average molecular weight is 248 g/mol. The van der Waals surface area contributed by atoms with Crippen molar-refractivity contribution in [2.24, 2.45) is 0 Å². The first-order valence-electron chi connectivity index (χ1n) is 5.39. The highest BCUT2D eigenvalue weighted by atomic mass is 35.5. The standard InChI is InChI=1S/C14H14ClNO/c1-10-13(16)3-2-4-14(10)17-9-11-5-7-12(15)8-6-11/h2-8H,9,16H2,1H3. The van der Waals surface area contributed by atoms with E-state index in [-0.39, 0.29) is 0 Å². The van der Waals surface area contributed by atoms with Crippen LogP contribution in [0.15, 0.2) is 42.5 Å². The fraction of sp³-hybridized carbons (Fsp3) is 0.143.